The number of hydrogen-bond donors (Lipinski definition) is 1. The fourth-order valence-electron chi connectivity index (χ4n) is 4.88. The fourth-order valence-corrected chi connectivity index (χ4v) is 5.04. The lowest BCUT2D eigenvalue weighted by atomic mass is 9.86. The van der Waals surface area contributed by atoms with Crippen LogP contribution in [-0.2, 0) is 6.54 Å². The summed E-state index contributed by atoms with van der Waals surface area (Å²) in [6.07, 6.45) is 4.19. The molecule has 1 saturated carbocycles. The molecule has 1 aromatic carbocycles. The number of amides is 1. The Kier molecular flexibility index (Phi) is 7.01. The van der Waals surface area contributed by atoms with Crippen LogP contribution in [0.15, 0.2) is 53.7 Å². The Balaban J connectivity index is 1.30. The van der Waals surface area contributed by atoms with E-state index >= 15 is 0 Å². The van der Waals surface area contributed by atoms with Gasteiger partial charge in [0, 0.05) is 31.2 Å². The zero-order valence-electron chi connectivity index (χ0n) is 20.1. The Morgan fingerprint density at radius 2 is 1.76 bits per heavy atom. The lowest BCUT2D eigenvalue weighted by molar-refractivity contribution is 0.0904. The Bertz CT molecular complexity index is 1490. The maximum absolute atomic E-state index is 13.4. The van der Waals surface area contributed by atoms with Gasteiger partial charge in [-0.1, -0.05) is 29.3 Å². The lowest BCUT2D eigenvalue weighted by Gasteiger charge is -2.29. The predicted molar refractivity (Wildman–Crippen MR) is 135 cm³/mol. The molecule has 1 aliphatic carbocycles. The molecule has 0 atom stereocenters. The Morgan fingerprint density at radius 3 is 2.43 bits per heavy atom. The van der Waals surface area contributed by atoms with Gasteiger partial charge in [0.25, 0.3) is 12.3 Å². The van der Waals surface area contributed by atoms with E-state index in [1.807, 2.05) is 31.2 Å². The maximum Gasteiger partial charge on any atom is 0.336 e. The van der Waals surface area contributed by atoms with Crippen molar-refractivity contribution in [2.75, 3.05) is 0 Å². The van der Waals surface area contributed by atoms with Crippen molar-refractivity contribution in [2.45, 2.75) is 51.6 Å². The average molecular weight is 527 g/mol. The van der Waals surface area contributed by atoms with E-state index in [-0.39, 0.29) is 28.2 Å². The molecule has 0 radical (unpaired) electrons. The van der Waals surface area contributed by atoms with Crippen molar-refractivity contribution in [3.63, 3.8) is 0 Å². The molecule has 3 aromatic heterocycles. The number of aryl methyl sites for hydroxylation is 1. The number of hydrogen-bond acceptors (Lipinski definition) is 5. The summed E-state index contributed by atoms with van der Waals surface area (Å²) >= 11 is 5.88. The standard InChI is InChI=1S/C26H25ClF2N6O2/c1-15-2-8-19(9-3-15)35-24-23(30-10-11-31-24)34(26(35)37)14-16-4-6-18(7-5-16)33-25(36)20-12-17(27)13-32-21(20)22(28)29/h2-3,8-13,16,18,22H,4-7,14H2,1H3,(H,33,36)/t16-,18-. The third-order valence-corrected chi connectivity index (χ3v) is 7.01. The molecule has 0 aliphatic heterocycles. The Hall–Kier alpha value is -3.66. The number of carbonyl (C=O) groups excluding carboxylic acids is 1. The van der Waals surface area contributed by atoms with Crippen LogP contribution >= 0.6 is 11.6 Å². The molecule has 0 bridgehead atoms. The molecule has 8 nitrogen and oxygen atoms in total. The van der Waals surface area contributed by atoms with E-state index in [9.17, 15) is 18.4 Å². The molecule has 192 valence electrons. The van der Waals surface area contributed by atoms with Crippen molar-refractivity contribution in [1.82, 2.24) is 29.4 Å². The van der Waals surface area contributed by atoms with Gasteiger partial charge in [-0.25, -0.2) is 28.1 Å². The van der Waals surface area contributed by atoms with Gasteiger partial charge in [0.05, 0.1) is 16.3 Å². The number of pyridine rings is 1. The van der Waals surface area contributed by atoms with Crippen LogP contribution in [0.5, 0.6) is 0 Å². The first-order valence-corrected chi connectivity index (χ1v) is 12.4. The number of halogens is 3. The first-order valence-electron chi connectivity index (χ1n) is 12.1. The summed E-state index contributed by atoms with van der Waals surface area (Å²) in [5.41, 5.74) is 1.85. The van der Waals surface area contributed by atoms with Crippen LogP contribution in [0.4, 0.5) is 8.78 Å². The van der Waals surface area contributed by atoms with Gasteiger partial charge in [-0.05, 0) is 56.7 Å². The zero-order valence-corrected chi connectivity index (χ0v) is 20.8. The summed E-state index contributed by atoms with van der Waals surface area (Å²) in [5.74, 6) is -0.421. The summed E-state index contributed by atoms with van der Waals surface area (Å²) in [5, 5.41) is 2.97. The number of alkyl halides is 2. The number of nitrogens with zero attached hydrogens (tertiary/aromatic N) is 5. The normalized spacial score (nSPS) is 17.9. The highest BCUT2D eigenvalue weighted by Gasteiger charge is 2.27. The largest absolute Gasteiger partial charge is 0.349 e. The first-order chi connectivity index (χ1) is 17.8. The van der Waals surface area contributed by atoms with Gasteiger partial charge in [-0.3, -0.25) is 14.3 Å². The van der Waals surface area contributed by atoms with E-state index in [2.05, 4.69) is 20.3 Å². The van der Waals surface area contributed by atoms with Crippen LogP contribution in [0.3, 0.4) is 0 Å². The monoisotopic (exact) mass is 526 g/mol. The molecule has 0 unspecified atom stereocenters. The van der Waals surface area contributed by atoms with Crippen LogP contribution < -0.4 is 11.0 Å². The highest BCUT2D eigenvalue weighted by molar-refractivity contribution is 6.30. The van der Waals surface area contributed by atoms with E-state index in [1.165, 1.54) is 6.07 Å². The number of carbonyl (C=O) groups is 1. The molecule has 1 amide bonds. The van der Waals surface area contributed by atoms with Gasteiger partial charge >= 0.3 is 5.69 Å². The van der Waals surface area contributed by atoms with Gasteiger partial charge in [0.1, 0.15) is 5.69 Å². The highest BCUT2D eigenvalue weighted by atomic mass is 35.5. The number of rotatable bonds is 6. The van der Waals surface area contributed by atoms with Crippen molar-refractivity contribution in [1.29, 1.82) is 0 Å². The van der Waals surface area contributed by atoms with E-state index in [0.29, 0.717) is 30.7 Å². The van der Waals surface area contributed by atoms with Crippen LogP contribution in [0.1, 0.15) is 53.7 Å². The van der Waals surface area contributed by atoms with E-state index in [1.54, 1.807) is 21.5 Å². The highest BCUT2D eigenvalue weighted by Crippen LogP contribution is 2.28. The van der Waals surface area contributed by atoms with E-state index in [0.717, 1.165) is 30.3 Å². The predicted octanol–water partition coefficient (Wildman–Crippen LogP) is 4.87. The molecule has 3 heterocycles. The van der Waals surface area contributed by atoms with Crippen molar-refractivity contribution in [3.8, 4) is 5.69 Å². The molecule has 1 N–H and O–H groups in total. The summed E-state index contributed by atoms with van der Waals surface area (Å²) in [6, 6.07) is 8.71. The SMILES string of the molecule is Cc1ccc(-n2c(=O)n(C[C@H]3CC[C@H](NC(=O)c4cc(Cl)cnc4C(F)F)CC3)c3nccnc32)cc1. The van der Waals surface area contributed by atoms with E-state index in [4.69, 9.17) is 11.6 Å². The smallest absolute Gasteiger partial charge is 0.336 e. The quantitative estimate of drug-likeness (QED) is 0.387. The van der Waals surface area contributed by atoms with Gasteiger partial charge < -0.3 is 5.32 Å². The summed E-state index contributed by atoms with van der Waals surface area (Å²) in [4.78, 5) is 38.6. The molecule has 11 heteroatoms. The van der Waals surface area contributed by atoms with Crippen LogP contribution in [0, 0.1) is 12.8 Å². The van der Waals surface area contributed by atoms with Crippen LogP contribution in [0.25, 0.3) is 17.0 Å². The number of aromatic nitrogens is 5. The number of nitrogens with one attached hydrogen (secondary N) is 1. The summed E-state index contributed by atoms with van der Waals surface area (Å²) < 4.78 is 29.8. The van der Waals surface area contributed by atoms with Crippen molar-refractivity contribution in [2.24, 2.45) is 5.92 Å². The Morgan fingerprint density at radius 1 is 1.08 bits per heavy atom. The number of benzene rings is 1. The van der Waals surface area contributed by atoms with E-state index < -0.39 is 18.0 Å². The summed E-state index contributed by atoms with van der Waals surface area (Å²) in [6.45, 7) is 2.46. The summed E-state index contributed by atoms with van der Waals surface area (Å²) in [7, 11) is 0. The molecule has 5 rings (SSSR count). The molecule has 1 fully saturated rings. The lowest BCUT2D eigenvalue weighted by Crippen LogP contribution is -2.39. The number of imidazole rings is 1. The van der Waals surface area contributed by atoms with Gasteiger partial charge in [0.2, 0.25) is 0 Å². The minimum atomic E-state index is -2.88. The van der Waals surface area contributed by atoms with Gasteiger partial charge in [-0.15, -0.1) is 0 Å². The van der Waals surface area contributed by atoms with Crippen molar-refractivity contribution in [3.05, 3.63) is 81.3 Å². The molecule has 1 aliphatic rings. The second-order valence-electron chi connectivity index (χ2n) is 9.35. The molecule has 0 saturated heterocycles. The average Bonchev–Trinajstić information content (AvgIpc) is 3.16. The second-order valence-corrected chi connectivity index (χ2v) is 9.78. The third-order valence-electron chi connectivity index (χ3n) is 6.80. The van der Waals surface area contributed by atoms with Crippen LogP contribution in [0.2, 0.25) is 5.02 Å². The second kappa shape index (κ2) is 10.4. The molecule has 4 aromatic rings. The van der Waals surface area contributed by atoms with Crippen molar-refractivity contribution >= 4 is 28.8 Å². The maximum atomic E-state index is 13.4. The van der Waals surface area contributed by atoms with Crippen molar-refractivity contribution < 1.29 is 13.6 Å². The molecule has 37 heavy (non-hydrogen) atoms. The van der Waals surface area contributed by atoms with Crippen LogP contribution in [-0.4, -0.2) is 36.0 Å². The number of fused-ring (bicyclic) bond motifs is 1. The first kappa shape index (κ1) is 25.0. The fraction of sp³-hybridized carbons (Fsp3) is 0.346. The van der Waals surface area contributed by atoms with Gasteiger partial charge in [-0.2, -0.15) is 0 Å². The molecule has 0 spiro atoms. The topological polar surface area (TPSA) is 94.7 Å². The van der Waals surface area contributed by atoms with Gasteiger partial charge in [0.15, 0.2) is 11.3 Å². The Labute approximate surface area is 216 Å². The minimum Gasteiger partial charge on any atom is -0.349 e. The third kappa shape index (κ3) is 5.11. The zero-order chi connectivity index (χ0) is 26.1. The molecular formula is C26H25ClF2N6O2. The molecular weight excluding hydrogens is 502 g/mol. The minimum absolute atomic E-state index is 0.122.